The first-order valence-corrected chi connectivity index (χ1v) is 9.38. The molecule has 4 unspecified atom stereocenters. The van der Waals surface area contributed by atoms with Gasteiger partial charge in [-0.15, -0.1) is 0 Å². The quantitative estimate of drug-likeness (QED) is 0.0696. The van der Waals surface area contributed by atoms with E-state index in [1.165, 1.54) is 0 Å². The molecule has 0 radical (unpaired) electrons. The van der Waals surface area contributed by atoms with Crippen LogP contribution >= 0.6 is 9.90 Å². The van der Waals surface area contributed by atoms with E-state index in [1.807, 2.05) is 0 Å². The highest BCUT2D eigenvalue weighted by atomic mass is 31.0. The van der Waals surface area contributed by atoms with E-state index >= 15 is 0 Å². The third-order valence-corrected chi connectivity index (χ3v) is 2.82. The van der Waals surface area contributed by atoms with Gasteiger partial charge >= 0.3 is 53.7 Å². The SMILES string of the molecule is CC(=O)OC(=O)C(N)CC(=O)O.CC(=O)OC(=O)C(N)CC(=O)O.CC(=O)OC(=O)C(N)CC(=O)O.P. The first kappa shape index (κ1) is 40.3. The Morgan fingerprint density at radius 3 is 0.784 bits per heavy atom. The number of esters is 6. The Kier molecular flexibility index (Phi) is 23.3. The van der Waals surface area contributed by atoms with Crippen molar-refractivity contribution in [1.82, 2.24) is 0 Å². The van der Waals surface area contributed by atoms with E-state index in [1.54, 1.807) is 0 Å². The number of carbonyl (C=O) groups is 9. The highest BCUT2D eigenvalue weighted by molar-refractivity contribution is 6.92. The highest BCUT2D eigenvalue weighted by Gasteiger charge is 2.21. The summed E-state index contributed by atoms with van der Waals surface area (Å²) < 4.78 is 12.1. The number of hydrogen-bond donors (Lipinski definition) is 6. The monoisotopic (exact) mass is 559 g/mol. The molecule has 9 N–H and O–H groups in total. The van der Waals surface area contributed by atoms with Gasteiger partial charge in [0.2, 0.25) is 0 Å². The van der Waals surface area contributed by atoms with Gasteiger partial charge in [0.1, 0.15) is 18.1 Å². The lowest BCUT2D eigenvalue weighted by atomic mass is 10.2. The molecule has 0 fully saturated rings. The number of nitrogens with two attached hydrogens (primary N) is 3. The molecule has 0 aromatic heterocycles. The van der Waals surface area contributed by atoms with Crippen LogP contribution in [0, 0.1) is 0 Å². The van der Waals surface area contributed by atoms with Crippen LogP contribution in [0.4, 0.5) is 0 Å². The second-order valence-electron chi connectivity index (χ2n) is 6.35. The second-order valence-corrected chi connectivity index (χ2v) is 6.35. The lowest BCUT2D eigenvalue weighted by molar-refractivity contribution is -0.161. The summed E-state index contributed by atoms with van der Waals surface area (Å²) in [5, 5.41) is 24.6. The molecule has 0 spiro atoms. The maximum Gasteiger partial charge on any atom is 0.331 e. The minimum absolute atomic E-state index is 0. The summed E-state index contributed by atoms with van der Waals surface area (Å²) in [5.74, 6) is -9.14. The van der Waals surface area contributed by atoms with Crippen LogP contribution in [0.15, 0.2) is 0 Å². The third kappa shape index (κ3) is 28.3. The molecule has 0 aliphatic heterocycles. The lowest BCUT2D eigenvalue weighted by Crippen LogP contribution is -2.35. The number of carboxylic acids is 3. The maximum atomic E-state index is 10.7. The Morgan fingerprint density at radius 1 is 0.514 bits per heavy atom. The summed E-state index contributed by atoms with van der Waals surface area (Å²) in [5.41, 5.74) is 15.2. The van der Waals surface area contributed by atoms with Gasteiger partial charge in [0.15, 0.2) is 0 Å². The molecule has 4 atom stereocenters. The number of rotatable bonds is 9. The summed E-state index contributed by atoms with van der Waals surface area (Å²) in [6.07, 6.45) is -1.65. The van der Waals surface area contributed by atoms with E-state index in [4.69, 9.17) is 32.5 Å². The zero-order valence-electron chi connectivity index (χ0n) is 20.0. The topological polar surface area (TPSA) is 320 Å². The molecule has 18 nitrogen and oxygen atoms in total. The van der Waals surface area contributed by atoms with Crippen molar-refractivity contribution in [2.24, 2.45) is 17.2 Å². The number of carboxylic acid groups (broad SMARTS) is 3. The molecule has 0 saturated heterocycles. The Bertz CT molecular complexity index is 752. The molecule has 0 aliphatic rings. The molecule has 0 aromatic rings. The third-order valence-electron chi connectivity index (χ3n) is 2.82. The Morgan fingerprint density at radius 2 is 0.676 bits per heavy atom. The van der Waals surface area contributed by atoms with E-state index in [0.29, 0.717) is 0 Å². The number of ether oxygens (including phenoxy) is 3. The van der Waals surface area contributed by atoms with E-state index in [0.717, 1.165) is 20.8 Å². The van der Waals surface area contributed by atoms with E-state index in [9.17, 15) is 43.2 Å². The predicted octanol–water partition coefficient (Wildman–Crippen LogP) is -3.31. The Hall–Kier alpha value is -3.86. The van der Waals surface area contributed by atoms with Crippen molar-refractivity contribution in [3.8, 4) is 0 Å². The van der Waals surface area contributed by atoms with Crippen molar-refractivity contribution in [3.05, 3.63) is 0 Å². The predicted molar refractivity (Wildman–Crippen MR) is 122 cm³/mol. The first-order chi connectivity index (χ1) is 16.3. The average Bonchev–Trinajstić information content (AvgIpc) is 2.65. The standard InChI is InChI=1S/3C6H9NO5.H3P/c3*1-3(8)12-6(11)4(7)2-5(9)10;/h3*4H,2,7H2,1H3,(H,9,10);1H3. The number of aliphatic carboxylic acids is 3. The molecule has 0 rings (SSSR count). The summed E-state index contributed by atoms with van der Waals surface area (Å²) in [7, 11) is 0. The molecule has 0 heterocycles. The van der Waals surface area contributed by atoms with Crippen LogP contribution in [-0.4, -0.2) is 87.2 Å². The molecule has 0 bridgehead atoms. The van der Waals surface area contributed by atoms with Crippen LogP contribution in [0.25, 0.3) is 0 Å². The maximum absolute atomic E-state index is 10.7. The van der Waals surface area contributed by atoms with Crippen LogP contribution in [-0.2, 0) is 57.4 Å². The smallest absolute Gasteiger partial charge is 0.331 e. The minimum Gasteiger partial charge on any atom is -0.481 e. The molecule has 19 heteroatoms. The van der Waals surface area contributed by atoms with Gasteiger partial charge < -0.3 is 46.7 Å². The van der Waals surface area contributed by atoms with E-state index in [2.05, 4.69) is 14.2 Å². The van der Waals surface area contributed by atoms with Crippen molar-refractivity contribution in [1.29, 1.82) is 0 Å². The first-order valence-electron chi connectivity index (χ1n) is 9.38. The molecule has 0 saturated carbocycles. The minimum atomic E-state index is -1.29. The van der Waals surface area contributed by atoms with Crippen LogP contribution in [0.1, 0.15) is 40.0 Å². The van der Waals surface area contributed by atoms with Crippen molar-refractivity contribution in [3.63, 3.8) is 0 Å². The molecule has 212 valence electrons. The summed E-state index contributed by atoms with van der Waals surface area (Å²) in [6, 6.07) is -3.86. The van der Waals surface area contributed by atoms with Gasteiger partial charge in [-0.1, -0.05) is 0 Å². The van der Waals surface area contributed by atoms with Crippen LogP contribution < -0.4 is 17.2 Å². The average molecular weight is 559 g/mol. The van der Waals surface area contributed by atoms with Gasteiger partial charge in [-0.25, -0.2) is 14.4 Å². The van der Waals surface area contributed by atoms with Crippen LogP contribution in [0.3, 0.4) is 0 Å². The largest absolute Gasteiger partial charge is 0.481 e. The van der Waals surface area contributed by atoms with Crippen LogP contribution in [0.2, 0.25) is 0 Å². The zero-order chi connectivity index (χ0) is 29.2. The van der Waals surface area contributed by atoms with Crippen molar-refractivity contribution in [2.75, 3.05) is 0 Å². The highest BCUT2D eigenvalue weighted by Crippen LogP contribution is 1.94. The summed E-state index contributed by atoms with van der Waals surface area (Å²) in [4.78, 5) is 92.6. The van der Waals surface area contributed by atoms with Gasteiger partial charge in [-0.2, -0.15) is 9.90 Å². The van der Waals surface area contributed by atoms with Gasteiger partial charge in [0.25, 0.3) is 0 Å². The summed E-state index contributed by atoms with van der Waals surface area (Å²) >= 11 is 0. The van der Waals surface area contributed by atoms with Gasteiger partial charge in [0.05, 0.1) is 19.3 Å². The van der Waals surface area contributed by atoms with Gasteiger partial charge in [0, 0.05) is 20.8 Å². The van der Waals surface area contributed by atoms with E-state index in [-0.39, 0.29) is 9.90 Å². The molecular formula is C18H30N3O15P. The molecule has 37 heavy (non-hydrogen) atoms. The van der Waals surface area contributed by atoms with Gasteiger partial charge in [-0.05, 0) is 0 Å². The molecular weight excluding hydrogens is 529 g/mol. The fourth-order valence-corrected chi connectivity index (χ4v) is 1.47. The number of carbonyl (C=O) groups excluding carboxylic acids is 6. The fourth-order valence-electron chi connectivity index (χ4n) is 1.47. The number of hydrogen-bond acceptors (Lipinski definition) is 15. The normalized spacial score (nSPS) is 11.5. The van der Waals surface area contributed by atoms with Crippen molar-refractivity contribution < 1.29 is 72.7 Å². The Balaban J connectivity index is -0.000000218. The van der Waals surface area contributed by atoms with Crippen molar-refractivity contribution in [2.45, 2.75) is 58.2 Å². The van der Waals surface area contributed by atoms with Crippen LogP contribution in [0.5, 0.6) is 0 Å². The van der Waals surface area contributed by atoms with Gasteiger partial charge in [-0.3, -0.25) is 28.8 Å². The molecule has 0 aromatic carbocycles. The lowest BCUT2D eigenvalue weighted by Gasteiger charge is -2.05. The van der Waals surface area contributed by atoms with E-state index < -0.39 is 91.1 Å². The molecule has 0 aliphatic carbocycles. The Labute approximate surface area is 212 Å². The van der Waals surface area contributed by atoms with Crippen molar-refractivity contribution >= 4 is 63.6 Å². The fraction of sp³-hybridized carbons (Fsp3) is 0.500. The molecule has 0 amide bonds. The summed E-state index contributed by atoms with van der Waals surface area (Å²) in [6.45, 7) is 3.10. The second kappa shape index (κ2) is 21.4. The zero-order valence-corrected chi connectivity index (χ0v) is 21.4.